The van der Waals surface area contributed by atoms with E-state index in [9.17, 15) is 19.8 Å². The van der Waals surface area contributed by atoms with E-state index in [-0.39, 0.29) is 23.0 Å². The predicted molar refractivity (Wildman–Crippen MR) is 135 cm³/mol. The number of nitrogens with one attached hydrogen (secondary N) is 2. The van der Waals surface area contributed by atoms with Crippen molar-refractivity contribution in [1.29, 1.82) is 0 Å². The molecule has 1 aromatic heterocycles. The summed E-state index contributed by atoms with van der Waals surface area (Å²) in [5, 5.41) is 31.1. The summed E-state index contributed by atoms with van der Waals surface area (Å²) in [6.07, 6.45) is 1.31. The third kappa shape index (κ3) is 5.08. The highest BCUT2D eigenvalue weighted by atomic mass is 79.9. The zero-order valence-electron chi connectivity index (χ0n) is 17.3. The molecule has 10 heteroatoms. The Bertz CT molecular complexity index is 1460. The van der Waals surface area contributed by atoms with E-state index in [4.69, 9.17) is 0 Å². The number of amides is 2. The van der Waals surface area contributed by atoms with Crippen LogP contribution in [0.5, 0.6) is 11.6 Å². The maximum atomic E-state index is 13.0. The normalized spacial score (nSPS) is 11.8. The third-order valence-electron chi connectivity index (χ3n) is 4.77. The summed E-state index contributed by atoms with van der Waals surface area (Å²) < 4.78 is 1.40. The first kappa shape index (κ1) is 23.4. The number of carbonyl (C=O) groups is 2. The number of nitrogens with zero attached hydrogens (tertiary/aromatic N) is 2. The Morgan fingerprint density at radius 1 is 0.971 bits per heavy atom. The number of rotatable bonds is 5. The van der Waals surface area contributed by atoms with Gasteiger partial charge in [0.05, 0.1) is 5.52 Å². The minimum atomic E-state index is -0.879. The Kier molecular flexibility index (Phi) is 6.90. The highest BCUT2D eigenvalue weighted by molar-refractivity contribution is 9.11. The lowest BCUT2D eigenvalue weighted by atomic mass is 10.1. The summed E-state index contributed by atoms with van der Waals surface area (Å²) in [5.74, 6) is -1.77. The van der Waals surface area contributed by atoms with E-state index in [1.807, 2.05) is 0 Å². The summed E-state index contributed by atoms with van der Waals surface area (Å²) in [7, 11) is 0. The fourth-order valence-corrected chi connectivity index (χ4v) is 4.47. The van der Waals surface area contributed by atoms with Gasteiger partial charge in [-0.25, -0.2) is 0 Å². The van der Waals surface area contributed by atoms with Gasteiger partial charge in [0.25, 0.3) is 5.91 Å². The van der Waals surface area contributed by atoms with Crippen molar-refractivity contribution in [2.75, 3.05) is 0 Å². The molecule has 3 aromatic carbocycles. The molecular formula is C24H16Br2N4O4. The van der Waals surface area contributed by atoms with Gasteiger partial charge >= 0.3 is 5.91 Å². The number of hydrogen-bond donors (Lipinski definition) is 4. The zero-order valence-corrected chi connectivity index (χ0v) is 20.5. The van der Waals surface area contributed by atoms with Crippen LogP contribution in [0.25, 0.3) is 17.0 Å². The fraction of sp³-hybridized carbons (Fsp3) is 0. The van der Waals surface area contributed by atoms with Crippen molar-refractivity contribution >= 4 is 66.3 Å². The van der Waals surface area contributed by atoms with Crippen molar-refractivity contribution < 1.29 is 19.8 Å². The van der Waals surface area contributed by atoms with Gasteiger partial charge < -0.3 is 20.5 Å². The number of benzene rings is 3. The minimum Gasteiger partial charge on any atom is -0.507 e. The lowest BCUT2D eigenvalue weighted by Gasteiger charge is -2.07. The van der Waals surface area contributed by atoms with Gasteiger partial charge in [0.2, 0.25) is 5.88 Å². The molecule has 2 amide bonds. The molecule has 8 nitrogen and oxygen atoms in total. The highest BCUT2D eigenvalue weighted by Crippen LogP contribution is 2.40. The second-order valence-corrected chi connectivity index (χ2v) is 8.84. The predicted octanol–water partition coefficient (Wildman–Crippen LogP) is 6.19. The van der Waals surface area contributed by atoms with Crippen LogP contribution in [-0.4, -0.2) is 27.0 Å². The van der Waals surface area contributed by atoms with Gasteiger partial charge in [0, 0.05) is 25.5 Å². The Balaban J connectivity index is 1.71. The van der Waals surface area contributed by atoms with Crippen LogP contribution in [0.15, 0.2) is 91.6 Å². The van der Waals surface area contributed by atoms with Crippen LogP contribution < -0.4 is 5.32 Å². The number of phenolic OH excluding ortho intramolecular Hbond substituents is 1. The molecule has 0 aliphatic heterocycles. The Hall–Kier alpha value is -3.76. The molecule has 34 heavy (non-hydrogen) atoms. The van der Waals surface area contributed by atoms with Gasteiger partial charge in [-0.1, -0.05) is 52.3 Å². The van der Waals surface area contributed by atoms with Crippen molar-refractivity contribution in [3.8, 4) is 11.6 Å². The number of aromatic amines is 1. The number of phenols is 1. The summed E-state index contributed by atoms with van der Waals surface area (Å²) >= 11 is 6.78. The summed E-state index contributed by atoms with van der Waals surface area (Å²) in [6.45, 7) is 0. The smallest absolute Gasteiger partial charge is 0.311 e. The quantitative estimate of drug-likeness (QED) is 0.165. The average molecular weight is 584 g/mol. The number of para-hydroxylation sites is 1. The maximum absolute atomic E-state index is 13.0. The number of aromatic nitrogens is 1. The van der Waals surface area contributed by atoms with Crippen LogP contribution in [0, 0.1) is 0 Å². The van der Waals surface area contributed by atoms with E-state index < -0.39 is 11.8 Å². The first-order valence-corrected chi connectivity index (χ1v) is 11.4. The summed E-state index contributed by atoms with van der Waals surface area (Å²) in [6, 6.07) is 18.2. The monoisotopic (exact) mass is 582 g/mol. The minimum absolute atomic E-state index is 0.0571. The maximum Gasteiger partial charge on any atom is 0.311 e. The molecule has 4 rings (SSSR count). The lowest BCUT2D eigenvalue weighted by Crippen LogP contribution is -2.26. The van der Waals surface area contributed by atoms with Crippen LogP contribution in [0.3, 0.4) is 0 Å². The van der Waals surface area contributed by atoms with Gasteiger partial charge in [0.15, 0.2) is 5.69 Å². The fourth-order valence-electron chi connectivity index (χ4n) is 3.14. The first-order valence-electron chi connectivity index (χ1n) is 9.85. The molecule has 0 aliphatic carbocycles. The van der Waals surface area contributed by atoms with E-state index in [0.29, 0.717) is 26.5 Å². The number of fused-ring (bicyclic) bond motifs is 1. The number of H-pyrrole nitrogens is 1. The number of carbonyl (C=O) groups excluding carboxylic acids is 2. The van der Waals surface area contributed by atoms with Gasteiger partial charge in [0.1, 0.15) is 11.4 Å². The molecule has 0 bridgehead atoms. The summed E-state index contributed by atoms with van der Waals surface area (Å²) in [5.41, 5.74) is 1.06. The van der Waals surface area contributed by atoms with Crippen LogP contribution in [-0.2, 0) is 4.79 Å². The standard InChI is InChI=1S/C24H16Br2N4O4/c25-15-11-16-20(17(26)12-15)28-24(34)21(16)29-30-23(33)18(10-14-8-4-5-9-19(14)31)27-22(32)13-6-2-1-3-7-13/h1-12,28,31,34H,(H,27,32)/b18-10-,30-29?. The molecule has 0 unspecified atom stereocenters. The largest absolute Gasteiger partial charge is 0.507 e. The molecular weight excluding hydrogens is 568 g/mol. The number of hydrogen-bond acceptors (Lipinski definition) is 5. The van der Waals surface area contributed by atoms with Crippen LogP contribution in [0.1, 0.15) is 15.9 Å². The molecule has 170 valence electrons. The van der Waals surface area contributed by atoms with Crippen LogP contribution in [0.2, 0.25) is 0 Å². The van der Waals surface area contributed by atoms with Crippen molar-refractivity contribution in [2.45, 2.75) is 0 Å². The zero-order chi connectivity index (χ0) is 24.2. The molecule has 0 radical (unpaired) electrons. The molecule has 0 fully saturated rings. The number of azo groups is 1. The Morgan fingerprint density at radius 3 is 2.41 bits per heavy atom. The van der Waals surface area contributed by atoms with E-state index in [2.05, 4.69) is 52.4 Å². The molecule has 1 heterocycles. The Labute approximate surface area is 210 Å². The van der Waals surface area contributed by atoms with Gasteiger partial charge in [-0.3, -0.25) is 9.59 Å². The molecule has 4 aromatic rings. The second kappa shape index (κ2) is 10.0. The van der Waals surface area contributed by atoms with E-state index in [0.717, 1.165) is 4.47 Å². The molecule has 0 saturated carbocycles. The molecule has 0 spiro atoms. The second-order valence-electron chi connectivity index (χ2n) is 7.07. The van der Waals surface area contributed by atoms with Crippen LogP contribution in [0.4, 0.5) is 5.69 Å². The van der Waals surface area contributed by atoms with Gasteiger partial charge in [-0.2, -0.15) is 0 Å². The van der Waals surface area contributed by atoms with Gasteiger partial charge in [-0.15, -0.1) is 10.2 Å². The van der Waals surface area contributed by atoms with E-state index in [1.165, 1.54) is 12.1 Å². The number of halogens is 2. The average Bonchev–Trinajstić information content (AvgIpc) is 3.14. The molecule has 0 aliphatic rings. The molecule has 4 N–H and O–H groups in total. The topological polar surface area (TPSA) is 127 Å². The lowest BCUT2D eigenvalue weighted by molar-refractivity contribution is -0.115. The van der Waals surface area contributed by atoms with E-state index in [1.54, 1.807) is 60.7 Å². The van der Waals surface area contributed by atoms with Crippen molar-refractivity contribution in [3.05, 3.63) is 92.5 Å². The first-order chi connectivity index (χ1) is 16.3. The highest BCUT2D eigenvalue weighted by Gasteiger charge is 2.18. The van der Waals surface area contributed by atoms with E-state index >= 15 is 0 Å². The van der Waals surface area contributed by atoms with Crippen LogP contribution >= 0.6 is 31.9 Å². The van der Waals surface area contributed by atoms with Crippen molar-refractivity contribution in [2.24, 2.45) is 10.2 Å². The molecule has 0 saturated heterocycles. The third-order valence-corrected chi connectivity index (χ3v) is 5.85. The SMILES string of the molecule is O=C(N=Nc1c(O)[nH]c2c(Br)cc(Br)cc12)/C(=C/c1ccccc1O)NC(=O)c1ccccc1. The summed E-state index contributed by atoms with van der Waals surface area (Å²) in [4.78, 5) is 28.4. The Morgan fingerprint density at radius 2 is 1.68 bits per heavy atom. The van der Waals surface area contributed by atoms with Crippen molar-refractivity contribution in [1.82, 2.24) is 10.3 Å². The van der Waals surface area contributed by atoms with Gasteiger partial charge in [-0.05, 0) is 52.3 Å². The molecule has 0 atom stereocenters. The van der Waals surface area contributed by atoms with Crippen molar-refractivity contribution in [3.63, 3.8) is 0 Å². The number of aromatic hydroxyl groups is 2.